The zero-order valence-electron chi connectivity index (χ0n) is 18.7. The Labute approximate surface area is 204 Å². The maximum absolute atomic E-state index is 13.1. The number of rotatable bonds is 12. The SMILES string of the molecule is Cc1ccc(Cl)cc1S(=O)(=O)N[C@@H](CCCN=C(N)N)C(=O)N[C@@H](Cc1ccccc1)C(N)=O. The number of guanidine groups is 1. The zero-order chi connectivity index (χ0) is 25.3. The molecule has 0 aliphatic rings. The molecule has 184 valence electrons. The molecule has 0 aromatic heterocycles. The van der Waals surface area contributed by atoms with E-state index in [1.807, 2.05) is 6.07 Å². The number of hydrogen-bond acceptors (Lipinski definition) is 5. The Morgan fingerprint density at radius 1 is 1.06 bits per heavy atom. The van der Waals surface area contributed by atoms with Crippen LogP contribution in [-0.2, 0) is 26.0 Å². The van der Waals surface area contributed by atoms with Crippen molar-refractivity contribution in [1.82, 2.24) is 10.0 Å². The first kappa shape index (κ1) is 27.1. The number of benzene rings is 2. The molecule has 2 aromatic carbocycles. The van der Waals surface area contributed by atoms with Crippen molar-refractivity contribution in [3.8, 4) is 0 Å². The lowest BCUT2D eigenvalue weighted by Gasteiger charge is -2.22. The van der Waals surface area contributed by atoms with Crippen LogP contribution in [0.5, 0.6) is 0 Å². The van der Waals surface area contributed by atoms with Crippen LogP contribution >= 0.6 is 11.6 Å². The van der Waals surface area contributed by atoms with Gasteiger partial charge in [-0.05, 0) is 43.0 Å². The van der Waals surface area contributed by atoms with E-state index in [-0.39, 0.29) is 35.3 Å². The van der Waals surface area contributed by atoms with Gasteiger partial charge in [-0.3, -0.25) is 14.6 Å². The number of sulfonamides is 1. The fourth-order valence-electron chi connectivity index (χ4n) is 3.21. The Balaban J connectivity index is 2.25. The maximum Gasteiger partial charge on any atom is 0.241 e. The highest BCUT2D eigenvalue weighted by atomic mass is 35.5. The summed E-state index contributed by atoms with van der Waals surface area (Å²) in [6.07, 6.45) is 0.522. The van der Waals surface area contributed by atoms with Crippen molar-refractivity contribution in [1.29, 1.82) is 0 Å². The molecule has 0 unspecified atom stereocenters. The Morgan fingerprint density at radius 3 is 2.35 bits per heavy atom. The first-order valence-corrected chi connectivity index (χ1v) is 12.3. The van der Waals surface area contributed by atoms with Crippen LogP contribution in [0.1, 0.15) is 24.0 Å². The van der Waals surface area contributed by atoms with Gasteiger partial charge in [0.15, 0.2) is 5.96 Å². The molecule has 0 saturated carbocycles. The van der Waals surface area contributed by atoms with Gasteiger partial charge in [0.2, 0.25) is 21.8 Å². The zero-order valence-corrected chi connectivity index (χ0v) is 20.3. The molecule has 0 radical (unpaired) electrons. The van der Waals surface area contributed by atoms with E-state index in [2.05, 4.69) is 15.0 Å². The van der Waals surface area contributed by atoms with Gasteiger partial charge in [-0.1, -0.05) is 48.0 Å². The fraction of sp³-hybridized carbons (Fsp3) is 0.318. The second-order valence-electron chi connectivity index (χ2n) is 7.69. The first-order valence-electron chi connectivity index (χ1n) is 10.5. The molecule has 2 atom stereocenters. The van der Waals surface area contributed by atoms with Crippen LogP contribution in [0.3, 0.4) is 0 Å². The number of carbonyl (C=O) groups is 2. The smallest absolute Gasteiger partial charge is 0.241 e. The first-order chi connectivity index (χ1) is 16.0. The highest BCUT2D eigenvalue weighted by Crippen LogP contribution is 2.21. The summed E-state index contributed by atoms with van der Waals surface area (Å²) in [5, 5.41) is 2.80. The lowest BCUT2D eigenvalue weighted by molar-refractivity contribution is -0.128. The van der Waals surface area contributed by atoms with Gasteiger partial charge in [-0.25, -0.2) is 8.42 Å². The largest absolute Gasteiger partial charge is 0.370 e. The lowest BCUT2D eigenvalue weighted by atomic mass is 10.0. The van der Waals surface area contributed by atoms with E-state index in [9.17, 15) is 18.0 Å². The maximum atomic E-state index is 13.1. The predicted molar refractivity (Wildman–Crippen MR) is 131 cm³/mol. The predicted octanol–water partition coefficient (Wildman–Crippen LogP) is 0.562. The summed E-state index contributed by atoms with van der Waals surface area (Å²) < 4.78 is 28.5. The van der Waals surface area contributed by atoms with E-state index < -0.39 is 33.9 Å². The highest BCUT2D eigenvalue weighted by Gasteiger charge is 2.29. The minimum absolute atomic E-state index is 0.0576. The molecule has 0 aliphatic carbocycles. The standard InChI is InChI=1S/C22H29ClN6O4S/c1-14-9-10-16(23)13-19(14)34(32,33)29-17(8-5-11-27-22(25)26)21(31)28-18(20(24)30)12-15-6-3-2-4-7-15/h2-4,6-7,9-10,13,17-18,29H,5,8,11-12H2,1H3,(H2,24,30)(H,28,31)(H4,25,26,27)/t17-,18-/m0/s1. The third-order valence-corrected chi connectivity index (χ3v) is 6.79. The summed E-state index contributed by atoms with van der Waals surface area (Å²) >= 11 is 5.97. The van der Waals surface area contributed by atoms with E-state index in [4.69, 9.17) is 28.8 Å². The van der Waals surface area contributed by atoms with Crippen LogP contribution in [-0.4, -0.2) is 44.8 Å². The Morgan fingerprint density at radius 2 is 1.74 bits per heavy atom. The molecule has 0 bridgehead atoms. The molecule has 0 saturated heterocycles. The van der Waals surface area contributed by atoms with Gasteiger partial charge in [-0.15, -0.1) is 0 Å². The van der Waals surface area contributed by atoms with Gasteiger partial charge in [0.25, 0.3) is 0 Å². The van der Waals surface area contributed by atoms with Crippen molar-refractivity contribution in [2.75, 3.05) is 6.54 Å². The molecule has 0 spiro atoms. The monoisotopic (exact) mass is 508 g/mol. The van der Waals surface area contributed by atoms with E-state index in [1.54, 1.807) is 43.3 Å². The quantitative estimate of drug-likeness (QED) is 0.158. The molecule has 0 heterocycles. The van der Waals surface area contributed by atoms with E-state index >= 15 is 0 Å². The van der Waals surface area contributed by atoms with Crippen molar-refractivity contribution in [2.24, 2.45) is 22.2 Å². The molecule has 8 N–H and O–H groups in total. The molecule has 2 amide bonds. The van der Waals surface area contributed by atoms with Crippen LogP contribution in [0.15, 0.2) is 58.4 Å². The topological polar surface area (TPSA) is 183 Å². The number of aryl methyl sites for hydroxylation is 1. The average Bonchev–Trinajstić information content (AvgIpc) is 2.77. The number of primary amides is 1. The summed E-state index contributed by atoms with van der Waals surface area (Å²) in [5.41, 5.74) is 17.4. The molecular formula is C22H29ClN6O4S. The van der Waals surface area contributed by atoms with E-state index in [0.717, 1.165) is 5.56 Å². The van der Waals surface area contributed by atoms with Crippen LogP contribution in [0.2, 0.25) is 5.02 Å². The number of halogens is 1. The molecule has 2 rings (SSSR count). The molecule has 2 aromatic rings. The van der Waals surface area contributed by atoms with Crippen molar-refractivity contribution in [3.05, 3.63) is 64.7 Å². The number of nitrogens with two attached hydrogens (primary N) is 3. The average molecular weight is 509 g/mol. The third kappa shape index (κ3) is 8.32. The van der Waals surface area contributed by atoms with Crippen molar-refractivity contribution < 1.29 is 18.0 Å². The van der Waals surface area contributed by atoms with Crippen LogP contribution in [0.4, 0.5) is 0 Å². The van der Waals surface area contributed by atoms with E-state index in [0.29, 0.717) is 12.0 Å². The van der Waals surface area contributed by atoms with Crippen LogP contribution in [0, 0.1) is 6.92 Å². The second-order valence-corrected chi connectivity index (χ2v) is 9.80. The summed E-state index contributed by atoms with van der Waals surface area (Å²) in [7, 11) is -4.12. The second kappa shape index (κ2) is 12.4. The minimum Gasteiger partial charge on any atom is -0.370 e. The van der Waals surface area contributed by atoms with Gasteiger partial charge >= 0.3 is 0 Å². The third-order valence-electron chi connectivity index (χ3n) is 4.94. The normalized spacial score (nSPS) is 13.0. The lowest BCUT2D eigenvalue weighted by Crippen LogP contribution is -2.53. The van der Waals surface area contributed by atoms with Gasteiger partial charge < -0.3 is 22.5 Å². The molecule has 0 fully saturated rings. The summed E-state index contributed by atoms with van der Waals surface area (Å²) in [6, 6.07) is 11.2. The van der Waals surface area contributed by atoms with Crippen molar-refractivity contribution in [2.45, 2.75) is 43.2 Å². The summed E-state index contributed by atoms with van der Waals surface area (Å²) in [5.74, 6) is -1.56. The number of aliphatic imine (C=N–C) groups is 1. The van der Waals surface area contributed by atoms with Crippen molar-refractivity contribution >= 4 is 39.4 Å². The molecule has 10 nitrogen and oxygen atoms in total. The number of amides is 2. The van der Waals surface area contributed by atoms with Gasteiger partial charge in [0.05, 0.1) is 4.90 Å². The van der Waals surface area contributed by atoms with Crippen LogP contribution < -0.4 is 27.2 Å². The Hall–Kier alpha value is -3.15. The van der Waals surface area contributed by atoms with Crippen molar-refractivity contribution in [3.63, 3.8) is 0 Å². The van der Waals surface area contributed by atoms with Crippen LogP contribution in [0.25, 0.3) is 0 Å². The van der Waals surface area contributed by atoms with E-state index in [1.165, 1.54) is 6.07 Å². The molecule has 34 heavy (non-hydrogen) atoms. The van der Waals surface area contributed by atoms with Gasteiger partial charge in [-0.2, -0.15) is 4.72 Å². The highest BCUT2D eigenvalue weighted by molar-refractivity contribution is 7.89. The molecule has 12 heteroatoms. The number of nitrogens with zero attached hydrogens (tertiary/aromatic N) is 1. The fourth-order valence-corrected chi connectivity index (χ4v) is 4.94. The van der Waals surface area contributed by atoms with Gasteiger partial charge in [0, 0.05) is 18.0 Å². The Kier molecular flexibility index (Phi) is 9.84. The molecular weight excluding hydrogens is 480 g/mol. The minimum atomic E-state index is -4.12. The van der Waals surface area contributed by atoms with Gasteiger partial charge in [0.1, 0.15) is 12.1 Å². The Bertz CT molecular complexity index is 1140. The number of nitrogens with one attached hydrogen (secondary N) is 2. The number of carbonyl (C=O) groups excluding carboxylic acids is 2. The molecule has 0 aliphatic heterocycles. The number of hydrogen-bond donors (Lipinski definition) is 5. The summed E-state index contributed by atoms with van der Waals surface area (Å²) in [6.45, 7) is 1.80. The summed E-state index contributed by atoms with van der Waals surface area (Å²) in [4.78, 5) is 28.9.